The number of amides is 2. The first-order chi connectivity index (χ1) is 17.0. The summed E-state index contributed by atoms with van der Waals surface area (Å²) in [5, 5.41) is 15.2. The molecule has 2 aromatic rings. The van der Waals surface area contributed by atoms with Gasteiger partial charge in [0.15, 0.2) is 0 Å². The van der Waals surface area contributed by atoms with Gasteiger partial charge in [0.05, 0.1) is 19.3 Å². The molecule has 0 spiro atoms. The topological polar surface area (TPSA) is 104 Å². The van der Waals surface area contributed by atoms with Gasteiger partial charge in [-0.15, -0.1) is 0 Å². The first-order valence-corrected chi connectivity index (χ1v) is 12.3. The Morgan fingerprint density at radius 1 is 1.06 bits per heavy atom. The fourth-order valence-electron chi connectivity index (χ4n) is 4.30. The average molecular weight is 475 g/mol. The lowest BCUT2D eigenvalue weighted by molar-refractivity contribution is -0.123. The van der Waals surface area contributed by atoms with Crippen molar-refractivity contribution in [1.29, 1.82) is 5.26 Å². The fourth-order valence-corrected chi connectivity index (χ4v) is 4.30. The standard InChI is InChI=1S/C28H34N4O3/c1-21(33)30-27(24-15-9-4-10-16-24)32-26(17-22-11-5-2-6-12-22)28(34)31-25(18-29)20-35-19-23-13-7-3-8-14-23/h3-4,7-10,13-16,22,25-26H,2,5-6,11-12,17,19-20H2,1H3,(H,31,34)(H,30,32,33)/t25?,26-/m0/s1. The molecule has 184 valence electrons. The zero-order valence-corrected chi connectivity index (χ0v) is 20.3. The number of nitrogens with zero attached hydrogens (tertiary/aromatic N) is 2. The molecule has 2 aromatic carbocycles. The molecule has 0 aromatic heterocycles. The molecule has 2 amide bonds. The molecule has 0 bridgehead atoms. The zero-order valence-electron chi connectivity index (χ0n) is 20.3. The van der Waals surface area contributed by atoms with Crippen molar-refractivity contribution in [3.05, 3.63) is 71.8 Å². The Balaban J connectivity index is 1.73. The Morgan fingerprint density at radius 3 is 2.34 bits per heavy atom. The molecule has 1 unspecified atom stereocenters. The predicted molar refractivity (Wildman–Crippen MR) is 135 cm³/mol. The van der Waals surface area contributed by atoms with E-state index in [-0.39, 0.29) is 18.4 Å². The van der Waals surface area contributed by atoms with Crippen molar-refractivity contribution in [2.75, 3.05) is 6.61 Å². The molecule has 7 nitrogen and oxygen atoms in total. The molecule has 0 saturated heterocycles. The number of carbonyl (C=O) groups excluding carboxylic acids is 2. The van der Waals surface area contributed by atoms with Gasteiger partial charge in [-0.25, -0.2) is 0 Å². The van der Waals surface area contributed by atoms with Crippen molar-refractivity contribution < 1.29 is 14.3 Å². The van der Waals surface area contributed by atoms with E-state index < -0.39 is 12.1 Å². The number of nitrogens with one attached hydrogen (secondary N) is 2. The number of benzene rings is 2. The number of carbonyl (C=O) groups is 2. The summed E-state index contributed by atoms with van der Waals surface area (Å²) in [6.07, 6.45) is 6.20. The lowest BCUT2D eigenvalue weighted by atomic mass is 9.84. The minimum atomic E-state index is -0.795. The molecule has 2 atom stereocenters. The Hall–Kier alpha value is -3.50. The van der Waals surface area contributed by atoms with Gasteiger partial charge in [-0.05, 0) is 17.9 Å². The van der Waals surface area contributed by atoms with E-state index in [0.717, 1.165) is 36.8 Å². The molecule has 7 heteroatoms. The largest absolute Gasteiger partial charge is 0.374 e. The molecule has 1 aliphatic carbocycles. The number of amidine groups is 1. The van der Waals surface area contributed by atoms with Crippen LogP contribution in [0, 0.1) is 17.2 Å². The number of aliphatic imine (C=N–C) groups is 1. The second-order valence-corrected chi connectivity index (χ2v) is 8.97. The SMILES string of the molecule is CC(=O)NC(=N[C@@H](CC1CCCCC1)C(=O)NC(C#N)COCc1ccccc1)c1ccccc1. The van der Waals surface area contributed by atoms with Crippen molar-refractivity contribution in [2.45, 2.75) is 64.1 Å². The molecular formula is C28H34N4O3. The predicted octanol–water partition coefficient (Wildman–Crippen LogP) is 4.13. The van der Waals surface area contributed by atoms with Gasteiger partial charge >= 0.3 is 0 Å². The number of nitriles is 1. The molecule has 0 aliphatic heterocycles. The van der Waals surface area contributed by atoms with Gasteiger partial charge in [0.25, 0.3) is 0 Å². The second kappa shape index (κ2) is 14.0. The van der Waals surface area contributed by atoms with Gasteiger partial charge in [-0.1, -0.05) is 92.8 Å². The van der Waals surface area contributed by atoms with Crippen LogP contribution in [0.2, 0.25) is 0 Å². The zero-order chi connectivity index (χ0) is 24.9. The molecule has 1 aliphatic rings. The van der Waals surface area contributed by atoms with E-state index in [4.69, 9.17) is 9.73 Å². The minimum absolute atomic E-state index is 0.0776. The molecule has 2 N–H and O–H groups in total. The Kier molecular flexibility index (Phi) is 10.5. The summed E-state index contributed by atoms with van der Waals surface area (Å²) in [6.45, 7) is 1.86. The highest BCUT2D eigenvalue weighted by Crippen LogP contribution is 2.28. The van der Waals surface area contributed by atoms with Crippen molar-refractivity contribution in [1.82, 2.24) is 10.6 Å². The van der Waals surface area contributed by atoms with Crippen LogP contribution in [0.4, 0.5) is 0 Å². The van der Waals surface area contributed by atoms with Crippen molar-refractivity contribution >= 4 is 17.6 Å². The quantitative estimate of drug-likeness (QED) is 0.399. The van der Waals surface area contributed by atoms with Crippen molar-refractivity contribution in [3.63, 3.8) is 0 Å². The van der Waals surface area contributed by atoms with Gasteiger partial charge in [-0.2, -0.15) is 5.26 Å². The van der Waals surface area contributed by atoms with Crippen LogP contribution < -0.4 is 10.6 Å². The molecule has 3 rings (SSSR count). The third-order valence-electron chi connectivity index (χ3n) is 6.08. The second-order valence-electron chi connectivity index (χ2n) is 8.97. The minimum Gasteiger partial charge on any atom is -0.374 e. The number of rotatable bonds is 10. The van der Waals surface area contributed by atoms with Gasteiger partial charge in [-0.3, -0.25) is 14.6 Å². The van der Waals surface area contributed by atoms with Gasteiger partial charge in [0, 0.05) is 12.5 Å². The third kappa shape index (κ3) is 8.99. The van der Waals surface area contributed by atoms with Crippen molar-refractivity contribution in [2.24, 2.45) is 10.9 Å². The monoisotopic (exact) mass is 474 g/mol. The third-order valence-corrected chi connectivity index (χ3v) is 6.08. The van der Waals surface area contributed by atoms with E-state index in [2.05, 4.69) is 16.7 Å². The summed E-state index contributed by atoms with van der Waals surface area (Å²) in [6, 6.07) is 19.6. The maximum atomic E-state index is 13.3. The van der Waals surface area contributed by atoms with E-state index in [1.165, 1.54) is 13.3 Å². The molecule has 35 heavy (non-hydrogen) atoms. The van der Waals surface area contributed by atoms with Crippen LogP contribution >= 0.6 is 0 Å². The Labute approximate surface area is 207 Å². The summed E-state index contributed by atoms with van der Waals surface area (Å²) >= 11 is 0. The van der Waals surface area contributed by atoms with Crippen LogP contribution in [0.3, 0.4) is 0 Å². The van der Waals surface area contributed by atoms with Gasteiger partial charge in [0.2, 0.25) is 11.8 Å². The van der Waals surface area contributed by atoms with Gasteiger partial charge in [0.1, 0.15) is 17.9 Å². The van der Waals surface area contributed by atoms with E-state index in [0.29, 0.717) is 24.8 Å². The highest BCUT2D eigenvalue weighted by molar-refractivity contribution is 6.08. The summed E-state index contributed by atoms with van der Waals surface area (Å²) in [5.74, 6) is 0.160. The maximum absolute atomic E-state index is 13.3. The lowest BCUT2D eigenvalue weighted by Crippen LogP contribution is -2.44. The summed E-state index contributed by atoms with van der Waals surface area (Å²) < 4.78 is 5.68. The molecule has 1 saturated carbocycles. The molecule has 0 heterocycles. The van der Waals surface area contributed by atoms with E-state index in [9.17, 15) is 14.9 Å². The van der Waals surface area contributed by atoms with Crippen LogP contribution in [0.1, 0.15) is 56.6 Å². The number of hydrogen-bond acceptors (Lipinski definition) is 5. The van der Waals surface area contributed by atoms with Crippen LogP contribution in [0.25, 0.3) is 0 Å². The first-order valence-electron chi connectivity index (χ1n) is 12.3. The molecule has 0 radical (unpaired) electrons. The van der Waals surface area contributed by atoms with Crippen LogP contribution in [0.15, 0.2) is 65.7 Å². The van der Waals surface area contributed by atoms with E-state index in [1.54, 1.807) is 0 Å². The van der Waals surface area contributed by atoms with E-state index in [1.807, 2.05) is 60.7 Å². The summed E-state index contributed by atoms with van der Waals surface area (Å²) in [4.78, 5) is 29.9. The van der Waals surface area contributed by atoms with Crippen molar-refractivity contribution in [3.8, 4) is 6.07 Å². The number of ether oxygens (including phenoxy) is 1. The van der Waals surface area contributed by atoms with Crippen LogP contribution in [-0.4, -0.2) is 36.3 Å². The Bertz CT molecular complexity index is 1010. The van der Waals surface area contributed by atoms with Crippen LogP contribution in [-0.2, 0) is 20.9 Å². The molecular weight excluding hydrogens is 440 g/mol. The van der Waals surface area contributed by atoms with Gasteiger partial charge < -0.3 is 15.4 Å². The lowest BCUT2D eigenvalue weighted by Gasteiger charge is -2.25. The Morgan fingerprint density at radius 2 is 1.71 bits per heavy atom. The number of hydrogen-bond donors (Lipinski definition) is 2. The smallest absolute Gasteiger partial charge is 0.245 e. The summed E-state index contributed by atoms with van der Waals surface area (Å²) in [7, 11) is 0. The normalized spacial score (nSPS) is 16.1. The summed E-state index contributed by atoms with van der Waals surface area (Å²) in [5.41, 5.74) is 1.73. The fraction of sp³-hybridized carbons (Fsp3) is 0.429. The van der Waals surface area contributed by atoms with E-state index >= 15 is 0 Å². The first kappa shape index (κ1) is 26.1. The highest BCUT2D eigenvalue weighted by atomic mass is 16.5. The highest BCUT2D eigenvalue weighted by Gasteiger charge is 2.27. The maximum Gasteiger partial charge on any atom is 0.245 e. The average Bonchev–Trinajstić information content (AvgIpc) is 2.88. The van der Waals surface area contributed by atoms with Crippen LogP contribution in [0.5, 0.6) is 0 Å². The molecule has 1 fully saturated rings.